The fourth-order valence-electron chi connectivity index (χ4n) is 4.85. The Kier molecular flexibility index (Phi) is 5.46. The molecule has 0 spiro atoms. The number of nitrogens with one attached hydrogen (secondary N) is 2. The van der Waals surface area contributed by atoms with Gasteiger partial charge in [0.1, 0.15) is 11.9 Å². The molecule has 1 saturated heterocycles. The third-order valence-corrected chi connectivity index (χ3v) is 6.53. The number of para-hydroxylation sites is 1. The van der Waals surface area contributed by atoms with E-state index >= 15 is 0 Å². The number of halogens is 1. The van der Waals surface area contributed by atoms with E-state index in [1.54, 1.807) is 16.9 Å². The van der Waals surface area contributed by atoms with Gasteiger partial charge in [0.25, 0.3) is 0 Å². The largest absolute Gasteiger partial charge is 0.339 e. The first-order valence-electron chi connectivity index (χ1n) is 11.0. The van der Waals surface area contributed by atoms with Crippen LogP contribution in [0.25, 0.3) is 16.8 Å². The van der Waals surface area contributed by atoms with Crippen molar-refractivity contribution in [1.29, 1.82) is 5.26 Å². The lowest BCUT2D eigenvalue weighted by Crippen LogP contribution is -2.50. The molecule has 2 bridgehead atoms. The van der Waals surface area contributed by atoms with Crippen molar-refractivity contribution in [3.05, 3.63) is 72.3 Å². The highest BCUT2D eigenvalue weighted by Gasteiger charge is 2.43. The van der Waals surface area contributed by atoms with Crippen LogP contribution < -0.4 is 10.6 Å². The Morgan fingerprint density at radius 3 is 2.78 bits per heavy atom. The highest BCUT2D eigenvalue weighted by atomic mass is 19.1. The number of nitriles is 1. The molecule has 2 aliphatic rings. The first-order valence-corrected chi connectivity index (χ1v) is 11.0. The zero-order valence-corrected chi connectivity index (χ0v) is 17.5. The number of aromatic nitrogens is 2. The van der Waals surface area contributed by atoms with Crippen molar-refractivity contribution in [1.82, 2.24) is 20.4 Å². The van der Waals surface area contributed by atoms with Crippen molar-refractivity contribution in [2.45, 2.75) is 43.8 Å². The van der Waals surface area contributed by atoms with Crippen LogP contribution in [-0.4, -0.2) is 33.8 Å². The van der Waals surface area contributed by atoms with Gasteiger partial charge in [-0.2, -0.15) is 10.4 Å². The Labute approximate surface area is 186 Å². The third kappa shape index (κ3) is 4.02. The van der Waals surface area contributed by atoms with Gasteiger partial charge in [0.05, 0.1) is 24.0 Å². The van der Waals surface area contributed by atoms with Crippen molar-refractivity contribution in [2.24, 2.45) is 5.92 Å². The predicted octanol–water partition coefficient (Wildman–Crippen LogP) is 3.37. The molecule has 4 atom stereocenters. The summed E-state index contributed by atoms with van der Waals surface area (Å²) in [6.07, 6.45) is 6.85. The molecule has 7 heteroatoms. The number of hydrogen-bond acceptors (Lipinski definition) is 4. The molecule has 32 heavy (non-hydrogen) atoms. The van der Waals surface area contributed by atoms with Gasteiger partial charge in [-0.3, -0.25) is 4.79 Å². The average Bonchev–Trinajstić information content (AvgIpc) is 3.57. The maximum atomic E-state index is 14.9. The molecule has 1 amide bonds. The summed E-state index contributed by atoms with van der Waals surface area (Å²) in [5.74, 6) is -0.219. The van der Waals surface area contributed by atoms with Gasteiger partial charge in [-0.25, -0.2) is 9.07 Å². The zero-order valence-electron chi connectivity index (χ0n) is 17.5. The van der Waals surface area contributed by atoms with Gasteiger partial charge in [-0.1, -0.05) is 30.3 Å². The van der Waals surface area contributed by atoms with Crippen molar-refractivity contribution >= 4 is 5.91 Å². The number of amides is 1. The number of rotatable bonds is 6. The number of hydrogen-bond donors (Lipinski definition) is 2. The Morgan fingerprint density at radius 2 is 2.09 bits per heavy atom. The van der Waals surface area contributed by atoms with Crippen LogP contribution in [0.2, 0.25) is 0 Å². The minimum absolute atomic E-state index is 0.123. The first-order chi connectivity index (χ1) is 15.6. The average molecular weight is 429 g/mol. The first kappa shape index (κ1) is 20.4. The molecular formula is C25H24FN5O. The molecule has 2 aromatic carbocycles. The van der Waals surface area contributed by atoms with Crippen molar-refractivity contribution in [2.75, 3.05) is 0 Å². The van der Waals surface area contributed by atoms with Gasteiger partial charge < -0.3 is 10.6 Å². The highest BCUT2D eigenvalue weighted by molar-refractivity contribution is 5.83. The number of nitrogens with zero attached hydrogens (tertiary/aromatic N) is 3. The second-order valence-electron chi connectivity index (χ2n) is 8.62. The lowest BCUT2D eigenvalue weighted by atomic mass is 9.98. The smallest absolute Gasteiger partial charge is 0.238 e. The van der Waals surface area contributed by atoms with Crippen LogP contribution in [0.5, 0.6) is 0 Å². The molecule has 2 fully saturated rings. The van der Waals surface area contributed by atoms with Crippen LogP contribution >= 0.6 is 0 Å². The summed E-state index contributed by atoms with van der Waals surface area (Å²) in [6.45, 7) is 0. The van der Waals surface area contributed by atoms with E-state index in [1.165, 1.54) is 6.07 Å². The van der Waals surface area contributed by atoms with Crippen LogP contribution in [-0.2, 0) is 11.2 Å². The second-order valence-corrected chi connectivity index (χ2v) is 8.62. The standard InChI is InChI=1S/C25H24FN5O/c26-23-12-16(19-14-28-31(15-19)22-4-2-1-3-5-22)6-7-17(23)10-21(13-27)30-25(32)24-18-8-9-20(11-18)29-24/h1-7,12,14-15,18,20-21,24,29H,8-11H2,(H,30,32)/t18-,20+,21?,24-/m0/s1. The molecule has 2 N–H and O–H groups in total. The summed E-state index contributed by atoms with van der Waals surface area (Å²) in [6, 6.07) is 16.2. The maximum absolute atomic E-state index is 14.9. The maximum Gasteiger partial charge on any atom is 0.238 e. The Hall–Kier alpha value is -3.50. The summed E-state index contributed by atoms with van der Waals surface area (Å²) in [5.41, 5.74) is 2.83. The van der Waals surface area contributed by atoms with Crippen molar-refractivity contribution in [3.63, 3.8) is 0 Å². The monoisotopic (exact) mass is 429 g/mol. The SMILES string of the molecule is N#CC(Cc1ccc(-c2cnn(-c3ccccc3)c2)cc1F)NC(=O)[C@H]1N[C@@H]2CC[C@H]1C2. The minimum Gasteiger partial charge on any atom is -0.339 e. The van der Waals surface area contributed by atoms with Crippen LogP contribution in [0.3, 0.4) is 0 Å². The lowest BCUT2D eigenvalue weighted by Gasteiger charge is -2.23. The summed E-state index contributed by atoms with van der Waals surface area (Å²) in [7, 11) is 0. The van der Waals surface area contributed by atoms with Crippen molar-refractivity contribution < 1.29 is 9.18 Å². The van der Waals surface area contributed by atoms with E-state index in [0.717, 1.165) is 30.5 Å². The normalized spacial score (nSPS) is 22.4. The van der Waals surface area contributed by atoms with Gasteiger partial charge in [-0.05, 0) is 54.5 Å². The molecule has 6 nitrogen and oxygen atoms in total. The topological polar surface area (TPSA) is 82.7 Å². The molecule has 1 aliphatic heterocycles. The number of piperidine rings is 1. The van der Waals surface area contributed by atoms with E-state index in [0.29, 0.717) is 23.1 Å². The molecule has 1 aliphatic carbocycles. The quantitative estimate of drug-likeness (QED) is 0.629. The van der Waals surface area contributed by atoms with E-state index in [2.05, 4.69) is 21.8 Å². The summed E-state index contributed by atoms with van der Waals surface area (Å²) in [5, 5.41) is 20.0. The summed E-state index contributed by atoms with van der Waals surface area (Å²) < 4.78 is 16.6. The minimum atomic E-state index is -0.774. The number of fused-ring (bicyclic) bond motifs is 2. The highest BCUT2D eigenvalue weighted by Crippen LogP contribution is 2.35. The van der Waals surface area contributed by atoms with Gasteiger partial charge in [0.15, 0.2) is 0 Å². The van der Waals surface area contributed by atoms with Crippen LogP contribution in [0, 0.1) is 23.1 Å². The van der Waals surface area contributed by atoms with Crippen LogP contribution in [0.4, 0.5) is 4.39 Å². The van der Waals surface area contributed by atoms with Crippen LogP contribution in [0.15, 0.2) is 60.9 Å². The van der Waals surface area contributed by atoms with Gasteiger partial charge >= 0.3 is 0 Å². The Bertz CT molecular complexity index is 1170. The van der Waals surface area contributed by atoms with E-state index in [-0.39, 0.29) is 18.4 Å². The molecular weight excluding hydrogens is 405 g/mol. The molecule has 5 rings (SSSR count). The zero-order chi connectivity index (χ0) is 22.1. The fraction of sp³-hybridized carbons (Fsp3) is 0.320. The third-order valence-electron chi connectivity index (χ3n) is 6.53. The second kappa shape index (κ2) is 8.56. The molecule has 162 valence electrons. The molecule has 1 aromatic heterocycles. The van der Waals surface area contributed by atoms with E-state index in [1.807, 2.05) is 42.6 Å². The van der Waals surface area contributed by atoms with Gasteiger partial charge in [0.2, 0.25) is 5.91 Å². The predicted molar refractivity (Wildman–Crippen MR) is 118 cm³/mol. The van der Waals surface area contributed by atoms with E-state index < -0.39 is 11.9 Å². The summed E-state index contributed by atoms with van der Waals surface area (Å²) in [4.78, 5) is 12.6. The molecule has 0 radical (unpaired) electrons. The molecule has 1 unspecified atom stereocenters. The number of benzene rings is 2. The summed E-state index contributed by atoms with van der Waals surface area (Å²) >= 11 is 0. The Morgan fingerprint density at radius 1 is 1.25 bits per heavy atom. The molecule has 1 saturated carbocycles. The van der Waals surface area contributed by atoms with Crippen LogP contribution in [0.1, 0.15) is 24.8 Å². The van der Waals surface area contributed by atoms with Gasteiger partial charge in [0, 0.05) is 24.2 Å². The Balaban J connectivity index is 1.26. The number of carbonyl (C=O) groups excluding carboxylic acids is 1. The van der Waals surface area contributed by atoms with Crippen molar-refractivity contribution in [3.8, 4) is 22.9 Å². The molecule has 3 aromatic rings. The molecule has 2 heterocycles. The number of carbonyl (C=O) groups is 1. The lowest BCUT2D eigenvalue weighted by molar-refractivity contribution is -0.124. The van der Waals surface area contributed by atoms with Gasteiger partial charge in [-0.15, -0.1) is 0 Å². The van der Waals surface area contributed by atoms with E-state index in [9.17, 15) is 14.4 Å². The fourth-order valence-corrected chi connectivity index (χ4v) is 4.85. The van der Waals surface area contributed by atoms with E-state index in [4.69, 9.17) is 0 Å².